The van der Waals surface area contributed by atoms with Crippen LogP contribution in [-0.4, -0.2) is 37.0 Å². The minimum atomic E-state index is -0.252. The minimum absolute atomic E-state index is 0.0114. The van der Waals surface area contributed by atoms with Crippen LogP contribution in [0.4, 0.5) is 11.5 Å². The van der Waals surface area contributed by atoms with Crippen molar-refractivity contribution in [1.82, 2.24) is 25.2 Å². The molecule has 9 nitrogen and oxygen atoms in total. The molecule has 3 N–H and O–H groups in total. The molecule has 9 heteroatoms. The summed E-state index contributed by atoms with van der Waals surface area (Å²) >= 11 is 0. The van der Waals surface area contributed by atoms with Gasteiger partial charge in [-0.3, -0.25) is 14.7 Å². The third-order valence-electron chi connectivity index (χ3n) is 3.35. The SMILES string of the molecule is O=C(Cn1cc(NC(=O)C2CCC2)nn1)Nc1cn[nH]c1. The first-order chi connectivity index (χ1) is 10.2. The van der Waals surface area contributed by atoms with Crippen LogP contribution in [0.5, 0.6) is 0 Å². The molecular weight excluding hydrogens is 274 g/mol. The van der Waals surface area contributed by atoms with Gasteiger partial charge in [0.25, 0.3) is 0 Å². The first-order valence-corrected chi connectivity index (χ1v) is 6.70. The lowest BCUT2D eigenvalue weighted by atomic mass is 9.85. The smallest absolute Gasteiger partial charge is 0.246 e. The summed E-state index contributed by atoms with van der Waals surface area (Å²) in [5, 5.41) is 19.3. The van der Waals surface area contributed by atoms with Crippen LogP contribution in [0.1, 0.15) is 19.3 Å². The number of aromatic nitrogens is 5. The van der Waals surface area contributed by atoms with Gasteiger partial charge >= 0.3 is 0 Å². The van der Waals surface area contributed by atoms with Crippen molar-refractivity contribution >= 4 is 23.3 Å². The molecule has 0 saturated heterocycles. The molecular formula is C12H15N7O2. The first kappa shape index (κ1) is 13.3. The zero-order valence-corrected chi connectivity index (χ0v) is 11.2. The first-order valence-electron chi connectivity index (χ1n) is 6.70. The second-order valence-electron chi connectivity index (χ2n) is 4.95. The Bertz CT molecular complexity index is 630. The van der Waals surface area contributed by atoms with Gasteiger partial charge in [-0.25, -0.2) is 4.68 Å². The lowest BCUT2D eigenvalue weighted by Gasteiger charge is -2.23. The molecule has 0 atom stereocenters. The van der Waals surface area contributed by atoms with E-state index < -0.39 is 0 Å². The number of aromatic amines is 1. The van der Waals surface area contributed by atoms with Crippen molar-refractivity contribution in [2.45, 2.75) is 25.8 Å². The van der Waals surface area contributed by atoms with Crippen LogP contribution in [0.3, 0.4) is 0 Å². The predicted molar refractivity (Wildman–Crippen MR) is 73.2 cm³/mol. The van der Waals surface area contributed by atoms with Crippen molar-refractivity contribution in [3.05, 3.63) is 18.6 Å². The molecule has 1 aliphatic rings. The van der Waals surface area contributed by atoms with E-state index in [1.54, 1.807) is 6.20 Å². The molecule has 1 aliphatic carbocycles. The standard InChI is InChI=1S/C12H15N7O2/c20-11(15-9-4-13-14-5-9)7-19-6-10(17-18-19)16-12(21)8-2-1-3-8/h4-6,8H,1-3,7H2,(H,13,14)(H,15,20)(H,16,21). The maximum Gasteiger partial charge on any atom is 0.246 e. The van der Waals surface area contributed by atoms with Crippen LogP contribution in [0.15, 0.2) is 18.6 Å². The van der Waals surface area contributed by atoms with E-state index in [0.29, 0.717) is 11.5 Å². The van der Waals surface area contributed by atoms with Gasteiger partial charge in [-0.1, -0.05) is 11.6 Å². The summed E-state index contributed by atoms with van der Waals surface area (Å²) in [7, 11) is 0. The largest absolute Gasteiger partial charge is 0.322 e. The molecule has 2 aromatic rings. The summed E-state index contributed by atoms with van der Waals surface area (Å²) in [5.74, 6) is 0.164. The Morgan fingerprint density at radius 2 is 2.24 bits per heavy atom. The summed E-state index contributed by atoms with van der Waals surface area (Å²) < 4.78 is 1.37. The Labute approximate surface area is 120 Å². The highest BCUT2D eigenvalue weighted by Crippen LogP contribution is 2.27. The van der Waals surface area contributed by atoms with E-state index in [1.807, 2.05) is 0 Å². The summed E-state index contributed by atoms with van der Waals surface area (Å²) in [6.07, 6.45) is 7.55. The molecule has 1 fully saturated rings. The molecule has 21 heavy (non-hydrogen) atoms. The Kier molecular flexibility index (Phi) is 3.63. The number of carbonyl (C=O) groups is 2. The van der Waals surface area contributed by atoms with Crippen molar-refractivity contribution in [2.24, 2.45) is 5.92 Å². The van der Waals surface area contributed by atoms with E-state index in [9.17, 15) is 9.59 Å². The average Bonchev–Trinajstić information content (AvgIpc) is 2.99. The zero-order valence-electron chi connectivity index (χ0n) is 11.2. The second kappa shape index (κ2) is 5.73. The second-order valence-corrected chi connectivity index (χ2v) is 4.95. The van der Waals surface area contributed by atoms with E-state index in [0.717, 1.165) is 19.3 Å². The highest BCUT2D eigenvalue weighted by atomic mass is 16.2. The Morgan fingerprint density at radius 1 is 1.38 bits per heavy atom. The number of hydrogen-bond donors (Lipinski definition) is 3. The molecule has 0 aromatic carbocycles. The minimum Gasteiger partial charge on any atom is -0.322 e. The van der Waals surface area contributed by atoms with Crippen LogP contribution in [-0.2, 0) is 16.1 Å². The third kappa shape index (κ3) is 3.25. The van der Waals surface area contributed by atoms with E-state index >= 15 is 0 Å². The quantitative estimate of drug-likeness (QED) is 0.735. The molecule has 0 aliphatic heterocycles. The van der Waals surface area contributed by atoms with E-state index in [1.165, 1.54) is 17.1 Å². The molecule has 0 bridgehead atoms. The van der Waals surface area contributed by atoms with Crippen molar-refractivity contribution < 1.29 is 9.59 Å². The normalized spacial score (nSPS) is 14.5. The zero-order chi connectivity index (χ0) is 14.7. The lowest BCUT2D eigenvalue weighted by Crippen LogP contribution is -2.28. The number of amides is 2. The summed E-state index contributed by atoms with van der Waals surface area (Å²) in [6.45, 7) is 0.0114. The van der Waals surface area contributed by atoms with Crippen molar-refractivity contribution in [2.75, 3.05) is 10.6 Å². The van der Waals surface area contributed by atoms with Gasteiger partial charge in [0.2, 0.25) is 11.8 Å². The van der Waals surface area contributed by atoms with E-state index in [4.69, 9.17) is 0 Å². The fourth-order valence-electron chi connectivity index (χ4n) is 2.00. The highest BCUT2D eigenvalue weighted by molar-refractivity contribution is 5.92. The lowest BCUT2D eigenvalue weighted by molar-refractivity contribution is -0.122. The van der Waals surface area contributed by atoms with Gasteiger partial charge in [-0.15, -0.1) is 5.10 Å². The molecule has 110 valence electrons. The number of nitrogens with zero attached hydrogens (tertiary/aromatic N) is 4. The van der Waals surface area contributed by atoms with Gasteiger partial charge in [0, 0.05) is 12.1 Å². The van der Waals surface area contributed by atoms with Crippen molar-refractivity contribution in [3.63, 3.8) is 0 Å². The molecule has 2 aromatic heterocycles. The van der Waals surface area contributed by atoms with Crippen molar-refractivity contribution in [1.29, 1.82) is 0 Å². The van der Waals surface area contributed by atoms with Gasteiger partial charge in [-0.05, 0) is 12.8 Å². The van der Waals surface area contributed by atoms with Gasteiger partial charge in [0.1, 0.15) is 6.54 Å². The fourth-order valence-corrected chi connectivity index (χ4v) is 2.00. The van der Waals surface area contributed by atoms with Gasteiger partial charge < -0.3 is 10.6 Å². The topological polar surface area (TPSA) is 118 Å². The number of hydrogen-bond acceptors (Lipinski definition) is 5. The van der Waals surface area contributed by atoms with Crippen LogP contribution in [0.2, 0.25) is 0 Å². The molecule has 1 saturated carbocycles. The van der Waals surface area contributed by atoms with E-state index in [2.05, 4.69) is 31.1 Å². The van der Waals surface area contributed by atoms with Crippen molar-refractivity contribution in [3.8, 4) is 0 Å². The molecule has 0 spiro atoms. The van der Waals surface area contributed by atoms with Crippen LogP contribution in [0, 0.1) is 5.92 Å². The van der Waals surface area contributed by atoms with Crippen LogP contribution < -0.4 is 10.6 Å². The highest BCUT2D eigenvalue weighted by Gasteiger charge is 2.25. The molecule has 0 radical (unpaired) electrons. The maximum absolute atomic E-state index is 11.8. The number of H-pyrrole nitrogens is 1. The molecule has 2 amide bonds. The third-order valence-corrected chi connectivity index (χ3v) is 3.35. The number of rotatable bonds is 5. The van der Waals surface area contributed by atoms with Gasteiger partial charge in [0.05, 0.1) is 18.1 Å². The van der Waals surface area contributed by atoms with Gasteiger partial charge in [-0.2, -0.15) is 5.10 Å². The molecule has 0 unspecified atom stereocenters. The van der Waals surface area contributed by atoms with Crippen LogP contribution >= 0.6 is 0 Å². The maximum atomic E-state index is 11.8. The fraction of sp³-hybridized carbons (Fsp3) is 0.417. The number of nitrogens with one attached hydrogen (secondary N) is 3. The molecule has 2 heterocycles. The molecule has 3 rings (SSSR count). The number of carbonyl (C=O) groups excluding carboxylic acids is 2. The summed E-state index contributed by atoms with van der Waals surface area (Å²) in [4.78, 5) is 23.5. The van der Waals surface area contributed by atoms with Crippen LogP contribution in [0.25, 0.3) is 0 Å². The predicted octanol–water partition coefficient (Wildman–Crippen LogP) is 0.378. The monoisotopic (exact) mass is 289 g/mol. The number of anilines is 2. The Balaban J connectivity index is 1.52. The Morgan fingerprint density at radius 3 is 2.90 bits per heavy atom. The van der Waals surface area contributed by atoms with Gasteiger partial charge in [0.15, 0.2) is 5.82 Å². The summed E-state index contributed by atoms with van der Waals surface area (Å²) in [5.41, 5.74) is 0.582. The average molecular weight is 289 g/mol. The van der Waals surface area contributed by atoms with E-state index in [-0.39, 0.29) is 24.3 Å². The summed E-state index contributed by atoms with van der Waals surface area (Å²) in [6, 6.07) is 0. The Hall–Kier alpha value is -2.71.